The van der Waals surface area contributed by atoms with Gasteiger partial charge < -0.3 is 10.1 Å². The molecule has 118 valence electrons. The van der Waals surface area contributed by atoms with Crippen molar-refractivity contribution >= 4 is 21.9 Å². The molecule has 0 aromatic heterocycles. The zero-order valence-electron chi connectivity index (χ0n) is 12.5. The average Bonchev–Trinajstić information content (AvgIpc) is 2.34. The Kier molecular flexibility index (Phi) is 8.40. The number of carbonyl (C=O) groups excluding carboxylic acids is 2. The van der Waals surface area contributed by atoms with E-state index in [0.717, 1.165) is 4.31 Å². The number of nitrogens with zero attached hydrogens (tertiary/aromatic N) is 1. The van der Waals surface area contributed by atoms with Gasteiger partial charge in [-0.05, 0) is 20.3 Å². The lowest BCUT2D eigenvalue weighted by Gasteiger charge is -2.20. The molecular weight excluding hydrogens is 284 g/mol. The van der Waals surface area contributed by atoms with Crippen molar-refractivity contribution in [3.8, 4) is 0 Å². The van der Waals surface area contributed by atoms with Gasteiger partial charge in [-0.1, -0.05) is 6.92 Å². The molecule has 0 aliphatic rings. The summed E-state index contributed by atoms with van der Waals surface area (Å²) in [5.74, 6) is -0.954. The molecule has 0 saturated heterocycles. The van der Waals surface area contributed by atoms with Crippen LogP contribution in [0.2, 0.25) is 0 Å². The van der Waals surface area contributed by atoms with Crippen LogP contribution in [0.5, 0.6) is 0 Å². The summed E-state index contributed by atoms with van der Waals surface area (Å²) in [6.07, 6.45) is 0.225. The number of hydrogen-bond acceptors (Lipinski definition) is 5. The molecular formula is C12H24N2O5S. The van der Waals surface area contributed by atoms with E-state index in [-0.39, 0.29) is 43.6 Å². The highest BCUT2D eigenvalue weighted by atomic mass is 32.2. The van der Waals surface area contributed by atoms with Gasteiger partial charge in [-0.25, -0.2) is 8.42 Å². The molecule has 0 aliphatic heterocycles. The molecule has 0 bridgehead atoms. The monoisotopic (exact) mass is 308 g/mol. The highest BCUT2D eigenvalue weighted by molar-refractivity contribution is 7.89. The average molecular weight is 308 g/mol. The summed E-state index contributed by atoms with van der Waals surface area (Å²) in [4.78, 5) is 22.5. The minimum atomic E-state index is -3.54. The number of nitrogens with one attached hydrogen (secondary N) is 1. The number of methoxy groups -OCH3 is 1. The van der Waals surface area contributed by atoms with E-state index in [4.69, 9.17) is 0 Å². The van der Waals surface area contributed by atoms with Crippen molar-refractivity contribution in [2.45, 2.75) is 39.7 Å². The van der Waals surface area contributed by atoms with Crippen LogP contribution in [0.3, 0.4) is 0 Å². The highest BCUT2D eigenvalue weighted by Crippen LogP contribution is 2.05. The maximum Gasteiger partial charge on any atom is 0.305 e. The van der Waals surface area contributed by atoms with Crippen LogP contribution in [0.4, 0.5) is 0 Å². The van der Waals surface area contributed by atoms with Crippen molar-refractivity contribution in [2.24, 2.45) is 0 Å². The highest BCUT2D eigenvalue weighted by Gasteiger charge is 2.23. The van der Waals surface area contributed by atoms with E-state index in [0.29, 0.717) is 0 Å². The SMILES string of the molecule is CCN(CC(=O)NC(C)C)S(=O)(=O)CCCC(=O)OC. The van der Waals surface area contributed by atoms with E-state index in [1.54, 1.807) is 20.8 Å². The minimum absolute atomic E-state index is 0.0387. The first-order valence-corrected chi connectivity index (χ1v) is 8.17. The van der Waals surface area contributed by atoms with E-state index in [2.05, 4.69) is 10.1 Å². The molecule has 0 aromatic rings. The van der Waals surface area contributed by atoms with Crippen molar-refractivity contribution in [1.29, 1.82) is 0 Å². The fraction of sp³-hybridized carbons (Fsp3) is 0.833. The van der Waals surface area contributed by atoms with E-state index < -0.39 is 16.0 Å². The molecule has 20 heavy (non-hydrogen) atoms. The lowest BCUT2D eigenvalue weighted by atomic mass is 10.3. The summed E-state index contributed by atoms with van der Waals surface area (Å²) in [6.45, 7) is 5.29. The summed E-state index contributed by atoms with van der Waals surface area (Å²) in [7, 11) is -2.29. The summed E-state index contributed by atoms with van der Waals surface area (Å²) in [6, 6.07) is -0.0387. The molecule has 0 saturated carbocycles. The number of carbonyl (C=O) groups is 2. The molecule has 7 nitrogen and oxygen atoms in total. The third kappa shape index (κ3) is 7.44. The van der Waals surface area contributed by atoms with Gasteiger partial charge in [-0.3, -0.25) is 9.59 Å². The fourth-order valence-electron chi connectivity index (χ4n) is 1.56. The number of hydrogen-bond donors (Lipinski definition) is 1. The van der Waals surface area contributed by atoms with E-state index in [1.165, 1.54) is 7.11 Å². The number of esters is 1. The Hall–Kier alpha value is -1.15. The predicted octanol–water partition coefficient (Wildman–Crippen LogP) is 0.116. The van der Waals surface area contributed by atoms with Crippen LogP contribution in [0.15, 0.2) is 0 Å². The lowest BCUT2D eigenvalue weighted by Crippen LogP contribution is -2.43. The molecule has 0 heterocycles. The normalized spacial score (nSPS) is 11.7. The number of likely N-dealkylation sites (N-methyl/N-ethyl adjacent to an activating group) is 1. The van der Waals surface area contributed by atoms with Gasteiger partial charge in [0.2, 0.25) is 15.9 Å². The summed E-state index contributed by atoms with van der Waals surface area (Å²) in [5.41, 5.74) is 0. The lowest BCUT2D eigenvalue weighted by molar-refractivity contribution is -0.140. The molecule has 0 aromatic carbocycles. The zero-order valence-corrected chi connectivity index (χ0v) is 13.3. The smallest absolute Gasteiger partial charge is 0.305 e. The Bertz CT molecular complexity index is 420. The first kappa shape index (κ1) is 18.9. The number of rotatable bonds is 9. The molecule has 0 spiro atoms. The molecule has 0 unspecified atom stereocenters. The van der Waals surface area contributed by atoms with Gasteiger partial charge >= 0.3 is 5.97 Å². The number of amides is 1. The van der Waals surface area contributed by atoms with Gasteiger partial charge in [0.15, 0.2) is 0 Å². The van der Waals surface area contributed by atoms with Crippen LogP contribution in [-0.4, -0.2) is 56.6 Å². The van der Waals surface area contributed by atoms with E-state index in [9.17, 15) is 18.0 Å². The maximum atomic E-state index is 12.0. The van der Waals surface area contributed by atoms with Crippen molar-refractivity contribution in [2.75, 3.05) is 26.0 Å². The summed E-state index contributed by atoms with van der Waals surface area (Å²) < 4.78 is 29.7. The molecule has 0 aliphatic carbocycles. The predicted molar refractivity (Wildman–Crippen MR) is 75.6 cm³/mol. The van der Waals surface area contributed by atoms with Gasteiger partial charge in [0.25, 0.3) is 0 Å². The van der Waals surface area contributed by atoms with Crippen molar-refractivity contribution < 1.29 is 22.7 Å². The third-order valence-corrected chi connectivity index (χ3v) is 4.51. The Morgan fingerprint density at radius 2 is 1.90 bits per heavy atom. The van der Waals surface area contributed by atoms with Crippen molar-refractivity contribution in [3.63, 3.8) is 0 Å². The van der Waals surface area contributed by atoms with Crippen LogP contribution in [0.1, 0.15) is 33.6 Å². The Balaban J connectivity index is 4.46. The minimum Gasteiger partial charge on any atom is -0.469 e. The molecule has 0 radical (unpaired) electrons. The largest absolute Gasteiger partial charge is 0.469 e. The molecule has 1 amide bonds. The number of sulfonamides is 1. The van der Waals surface area contributed by atoms with Crippen molar-refractivity contribution in [3.05, 3.63) is 0 Å². The van der Waals surface area contributed by atoms with Gasteiger partial charge in [-0.15, -0.1) is 0 Å². The topological polar surface area (TPSA) is 92.8 Å². The molecule has 0 fully saturated rings. The standard InChI is InChI=1S/C12H24N2O5S/c1-5-14(9-11(15)13-10(2)3)20(17,18)8-6-7-12(16)19-4/h10H,5-9H2,1-4H3,(H,13,15). The second-order valence-electron chi connectivity index (χ2n) is 4.64. The van der Waals surface area contributed by atoms with Gasteiger partial charge in [0.05, 0.1) is 19.4 Å². The van der Waals surface area contributed by atoms with E-state index >= 15 is 0 Å². The van der Waals surface area contributed by atoms with Crippen LogP contribution in [0, 0.1) is 0 Å². The second kappa shape index (κ2) is 8.91. The van der Waals surface area contributed by atoms with E-state index in [1.807, 2.05) is 0 Å². The first-order valence-electron chi connectivity index (χ1n) is 6.57. The number of ether oxygens (including phenoxy) is 1. The Morgan fingerprint density at radius 1 is 1.30 bits per heavy atom. The Morgan fingerprint density at radius 3 is 2.35 bits per heavy atom. The second-order valence-corrected chi connectivity index (χ2v) is 6.73. The molecule has 0 atom stereocenters. The van der Waals surface area contributed by atoms with Crippen molar-refractivity contribution in [1.82, 2.24) is 9.62 Å². The first-order chi connectivity index (χ1) is 9.22. The van der Waals surface area contributed by atoms with Gasteiger partial charge in [-0.2, -0.15) is 4.31 Å². The maximum absolute atomic E-state index is 12.0. The molecule has 8 heteroatoms. The van der Waals surface area contributed by atoms with Crippen LogP contribution in [0.25, 0.3) is 0 Å². The van der Waals surface area contributed by atoms with Gasteiger partial charge in [0.1, 0.15) is 0 Å². The summed E-state index contributed by atoms with van der Waals surface area (Å²) in [5, 5.41) is 2.64. The summed E-state index contributed by atoms with van der Waals surface area (Å²) >= 11 is 0. The molecule has 1 N–H and O–H groups in total. The molecule has 0 rings (SSSR count). The van der Waals surface area contributed by atoms with Gasteiger partial charge in [0, 0.05) is 19.0 Å². The zero-order chi connectivity index (χ0) is 15.8. The van der Waals surface area contributed by atoms with Crippen LogP contribution in [-0.2, 0) is 24.3 Å². The van der Waals surface area contributed by atoms with Crippen LogP contribution >= 0.6 is 0 Å². The quantitative estimate of drug-likeness (QED) is 0.611. The van der Waals surface area contributed by atoms with Crippen LogP contribution < -0.4 is 5.32 Å². The fourth-order valence-corrected chi connectivity index (χ4v) is 3.04. The Labute approximate surface area is 120 Å². The third-order valence-electron chi connectivity index (χ3n) is 2.53.